The van der Waals surface area contributed by atoms with E-state index < -0.39 is 20.0 Å². The maximum Gasteiger partial charge on any atom is 0.266 e. The second kappa shape index (κ2) is 8.02. The van der Waals surface area contributed by atoms with Crippen molar-refractivity contribution in [2.24, 2.45) is 7.05 Å². The van der Waals surface area contributed by atoms with Gasteiger partial charge in [-0.25, -0.2) is 16.8 Å². The number of anilines is 1. The quantitative estimate of drug-likeness (QED) is 0.701. The normalized spacial score (nSPS) is 12.6. The first-order valence-corrected chi connectivity index (χ1v) is 12.0. The Kier molecular flexibility index (Phi) is 6.49. The van der Waals surface area contributed by atoms with Gasteiger partial charge in [-0.15, -0.1) is 0 Å². The number of halogens is 1. The van der Waals surface area contributed by atoms with E-state index in [1.54, 1.807) is 47.7 Å². The predicted molar refractivity (Wildman–Crippen MR) is 110 cm³/mol. The van der Waals surface area contributed by atoms with Crippen LogP contribution >= 0.6 is 11.6 Å². The van der Waals surface area contributed by atoms with Gasteiger partial charge in [-0.1, -0.05) is 25.4 Å². The fourth-order valence-electron chi connectivity index (χ4n) is 2.91. The van der Waals surface area contributed by atoms with Gasteiger partial charge in [0.2, 0.25) is 10.0 Å². The molecule has 0 spiro atoms. The number of rotatable bonds is 7. The molecule has 1 N–H and O–H groups in total. The first kappa shape index (κ1) is 22.7. The Morgan fingerprint density at radius 1 is 1.11 bits per heavy atom. The molecule has 28 heavy (non-hydrogen) atoms. The Morgan fingerprint density at radius 2 is 1.68 bits per heavy atom. The van der Waals surface area contributed by atoms with Gasteiger partial charge in [0.1, 0.15) is 10.0 Å². The van der Waals surface area contributed by atoms with Crippen molar-refractivity contribution < 1.29 is 16.8 Å². The molecule has 8 nitrogen and oxygen atoms in total. The Morgan fingerprint density at radius 3 is 2.14 bits per heavy atom. The summed E-state index contributed by atoms with van der Waals surface area (Å²) in [6.07, 6.45) is 0. The van der Waals surface area contributed by atoms with Crippen LogP contribution in [-0.4, -0.2) is 44.0 Å². The first-order chi connectivity index (χ1) is 12.9. The lowest BCUT2D eigenvalue weighted by Gasteiger charge is -2.20. The van der Waals surface area contributed by atoms with Gasteiger partial charge in [0, 0.05) is 20.1 Å². The molecular weight excluding hydrogens is 424 g/mol. The molecule has 1 aromatic carbocycles. The second-order valence-electron chi connectivity index (χ2n) is 6.44. The molecule has 0 radical (unpaired) electrons. The van der Waals surface area contributed by atoms with Crippen molar-refractivity contribution in [3.8, 4) is 0 Å². The summed E-state index contributed by atoms with van der Waals surface area (Å²) in [7, 11) is -6.26. The van der Waals surface area contributed by atoms with Crippen LogP contribution < -0.4 is 4.72 Å². The van der Waals surface area contributed by atoms with Crippen LogP contribution in [0.1, 0.15) is 30.7 Å². The van der Waals surface area contributed by atoms with Gasteiger partial charge < -0.3 is 0 Å². The van der Waals surface area contributed by atoms with Gasteiger partial charge in [0.15, 0.2) is 0 Å². The third-order valence-electron chi connectivity index (χ3n) is 4.60. The minimum Gasteiger partial charge on any atom is -0.279 e. The molecule has 0 bridgehead atoms. The Labute approximate surface area is 171 Å². The lowest BCUT2D eigenvalue weighted by atomic mass is 10.1. The largest absolute Gasteiger partial charge is 0.279 e. The highest BCUT2D eigenvalue weighted by Crippen LogP contribution is 2.30. The Bertz CT molecular complexity index is 1100. The van der Waals surface area contributed by atoms with Crippen LogP contribution in [0, 0.1) is 20.8 Å². The van der Waals surface area contributed by atoms with Crippen LogP contribution in [0.3, 0.4) is 0 Å². The fraction of sp³-hybridized carbons (Fsp3) is 0.471. The number of nitrogens with zero attached hydrogens (tertiary/aromatic N) is 3. The molecule has 1 heterocycles. The third-order valence-corrected chi connectivity index (χ3v) is 8.69. The highest BCUT2D eigenvalue weighted by atomic mass is 35.5. The molecule has 0 fully saturated rings. The summed E-state index contributed by atoms with van der Waals surface area (Å²) in [6.45, 7) is 9.13. The molecule has 11 heteroatoms. The minimum atomic E-state index is -4.06. The van der Waals surface area contributed by atoms with Gasteiger partial charge in [-0.2, -0.15) is 9.40 Å². The molecule has 0 atom stereocenters. The molecule has 0 aliphatic heterocycles. The SMILES string of the molecule is CCN(CC)S(=O)(=O)c1cc(C)c(C)c(NS(=O)(=O)c2c(C)nn(C)c2Cl)c1. The highest BCUT2D eigenvalue weighted by molar-refractivity contribution is 7.93. The molecular formula is C17H25ClN4O4S2. The second-order valence-corrected chi connectivity index (χ2v) is 10.4. The molecule has 0 saturated heterocycles. The molecule has 2 aromatic rings. The van der Waals surface area contributed by atoms with Gasteiger partial charge in [-0.05, 0) is 44.0 Å². The third kappa shape index (κ3) is 4.05. The van der Waals surface area contributed by atoms with Crippen molar-refractivity contribution in [2.45, 2.75) is 44.4 Å². The molecule has 1 aromatic heterocycles. The van der Waals surface area contributed by atoms with Crippen molar-refractivity contribution in [2.75, 3.05) is 17.8 Å². The van der Waals surface area contributed by atoms with E-state index in [2.05, 4.69) is 9.82 Å². The van der Waals surface area contributed by atoms with E-state index in [1.807, 2.05) is 0 Å². The smallest absolute Gasteiger partial charge is 0.266 e. The molecule has 0 aliphatic rings. The zero-order valence-corrected chi connectivity index (χ0v) is 19.1. The first-order valence-electron chi connectivity index (χ1n) is 8.70. The molecule has 2 rings (SSSR count). The van der Waals surface area contributed by atoms with Gasteiger partial charge in [0.25, 0.3) is 10.0 Å². The maximum atomic E-state index is 12.9. The summed E-state index contributed by atoms with van der Waals surface area (Å²) in [6, 6.07) is 2.89. The van der Waals surface area contributed by atoms with Crippen LogP contribution in [0.2, 0.25) is 5.15 Å². The number of benzene rings is 1. The van der Waals surface area contributed by atoms with E-state index in [9.17, 15) is 16.8 Å². The van der Waals surface area contributed by atoms with Crippen molar-refractivity contribution in [1.82, 2.24) is 14.1 Å². The number of aryl methyl sites for hydroxylation is 3. The molecule has 0 unspecified atom stereocenters. The monoisotopic (exact) mass is 448 g/mol. The van der Waals surface area contributed by atoms with Crippen LogP contribution in [0.5, 0.6) is 0 Å². The summed E-state index contributed by atoms with van der Waals surface area (Å²) < 4.78 is 56.6. The number of nitrogens with one attached hydrogen (secondary N) is 1. The lowest BCUT2D eigenvalue weighted by Crippen LogP contribution is -2.30. The minimum absolute atomic E-state index is 0.0220. The molecule has 156 valence electrons. The van der Waals surface area contributed by atoms with Crippen molar-refractivity contribution in [1.29, 1.82) is 0 Å². The summed E-state index contributed by atoms with van der Waals surface area (Å²) in [5, 5.41) is 4.00. The summed E-state index contributed by atoms with van der Waals surface area (Å²) >= 11 is 6.10. The summed E-state index contributed by atoms with van der Waals surface area (Å²) in [5.41, 5.74) is 1.71. The van der Waals surface area contributed by atoms with Crippen LogP contribution in [-0.2, 0) is 27.1 Å². The molecule has 0 amide bonds. The number of aromatic nitrogens is 2. The number of sulfonamides is 2. The van der Waals surface area contributed by atoms with E-state index in [0.717, 1.165) is 0 Å². The summed E-state index contributed by atoms with van der Waals surface area (Å²) in [4.78, 5) is -0.100. The Hall–Kier alpha value is -1.62. The molecule has 0 aliphatic carbocycles. The van der Waals surface area contributed by atoms with E-state index in [1.165, 1.54) is 15.1 Å². The van der Waals surface area contributed by atoms with E-state index in [-0.39, 0.29) is 26.3 Å². The van der Waals surface area contributed by atoms with Crippen LogP contribution in [0.15, 0.2) is 21.9 Å². The highest BCUT2D eigenvalue weighted by Gasteiger charge is 2.28. The predicted octanol–water partition coefficient (Wildman–Crippen LogP) is 2.83. The zero-order valence-electron chi connectivity index (χ0n) is 16.7. The number of hydrogen-bond acceptors (Lipinski definition) is 5. The lowest BCUT2D eigenvalue weighted by molar-refractivity contribution is 0.445. The standard InChI is InChI=1S/C17H25ClN4O4S2/c1-7-22(8-2)28(25,26)14-9-11(3)12(4)15(10-14)20-27(23,24)16-13(5)19-21(6)17(16)18/h9-10,20H,7-8H2,1-6H3. The maximum absolute atomic E-state index is 12.9. The van der Waals surface area contributed by atoms with Crippen LogP contribution in [0.4, 0.5) is 5.69 Å². The Balaban J connectivity index is 2.60. The van der Waals surface area contributed by atoms with Gasteiger partial charge >= 0.3 is 0 Å². The van der Waals surface area contributed by atoms with E-state index >= 15 is 0 Å². The number of hydrogen-bond donors (Lipinski definition) is 1. The van der Waals surface area contributed by atoms with Crippen molar-refractivity contribution >= 4 is 37.3 Å². The van der Waals surface area contributed by atoms with E-state index in [4.69, 9.17) is 11.6 Å². The van der Waals surface area contributed by atoms with Crippen molar-refractivity contribution in [3.63, 3.8) is 0 Å². The summed E-state index contributed by atoms with van der Waals surface area (Å²) in [5.74, 6) is 0. The average Bonchev–Trinajstić information content (AvgIpc) is 2.85. The van der Waals surface area contributed by atoms with Crippen molar-refractivity contribution in [3.05, 3.63) is 34.1 Å². The van der Waals surface area contributed by atoms with Gasteiger partial charge in [0.05, 0.1) is 16.3 Å². The molecule has 0 saturated carbocycles. The van der Waals surface area contributed by atoms with Crippen LogP contribution in [0.25, 0.3) is 0 Å². The fourth-order valence-corrected chi connectivity index (χ4v) is 6.34. The zero-order chi connectivity index (χ0) is 21.4. The van der Waals surface area contributed by atoms with Gasteiger partial charge in [-0.3, -0.25) is 9.40 Å². The average molecular weight is 449 g/mol. The van der Waals surface area contributed by atoms with E-state index in [0.29, 0.717) is 24.2 Å². The topological polar surface area (TPSA) is 101 Å².